The van der Waals surface area contributed by atoms with E-state index in [9.17, 15) is 18.3 Å². The van der Waals surface area contributed by atoms with Gasteiger partial charge in [0.15, 0.2) is 0 Å². The number of aromatic carboxylic acids is 1. The first-order valence-corrected chi connectivity index (χ1v) is 10.6. The molecule has 0 saturated carbocycles. The van der Waals surface area contributed by atoms with Crippen molar-refractivity contribution in [2.24, 2.45) is 5.14 Å². The summed E-state index contributed by atoms with van der Waals surface area (Å²) in [6, 6.07) is 21.8. The van der Waals surface area contributed by atoms with E-state index in [1.54, 1.807) is 6.07 Å². The smallest absolute Gasteiger partial charge is 0.337 e. The molecule has 0 bridgehead atoms. The van der Waals surface area contributed by atoms with Gasteiger partial charge in [0.1, 0.15) is 0 Å². The van der Waals surface area contributed by atoms with Crippen molar-refractivity contribution in [3.63, 3.8) is 0 Å². The first-order valence-electron chi connectivity index (χ1n) is 9.09. The van der Waals surface area contributed by atoms with Crippen molar-refractivity contribution in [2.45, 2.75) is 17.7 Å². The number of nitrogens with one attached hydrogen (secondary N) is 1. The predicted molar refractivity (Wildman–Crippen MR) is 113 cm³/mol. The number of anilines is 1. The fourth-order valence-corrected chi connectivity index (χ4v) is 3.93. The summed E-state index contributed by atoms with van der Waals surface area (Å²) in [5.41, 5.74) is 2.70. The number of hydrogen-bond donors (Lipinski definition) is 3. The Hall–Kier alpha value is -3.16. The summed E-state index contributed by atoms with van der Waals surface area (Å²) in [7, 11) is -4.08. The minimum atomic E-state index is -4.08. The number of sulfonamides is 1. The molecule has 0 fully saturated rings. The SMILES string of the molecule is NS(=O)(=O)c1cc(C(=O)O)c(NCCc2ccccc2)cc1Cc1ccccc1. The molecule has 150 valence electrons. The molecule has 6 nitrogen and oxygen atoms in total. The molecule has 0 heterocycles. The van der Waals surface area contributed by atoms with Gasteiger partial charge in [0.2, 0.25) is 10.0 Å². The third kappa shape index (κ3) is 5.43. The van der Waals surface area contributed by atoms with Crippen LogP contribution in [0.3, 0.4) is 0 Å². The first-order chi connectivity index (χ1) is 13.8. The fourth-order valence-electron chi connectivity index (χ4n) is 3.15. The van der Waals surface area contributed by atoms with Crippen LogP contribution in [-0.4, -0.2) is 26.0 Å². The quantitative estimate of drug-likeness (QED) is 0.528. The predicted octanol–water partition coefficient (Wildman–Crippen LogP) is 3.28. The zero-order valence-corrected chi connectivity index (χ0v) is 16.5. The van der Waals surface area contributed by atoms with Crippen LogP contribution >= 0.6 is 0 Å². The van der Waals surface area contributed by atoms with E-state index in [2.05, 4.69) is 5.32 Å². The number of carboxylic acids is 1. The summed E-state index contributed by atoms with van der Waals surface area (Å²) in [6.07, 6.45) is 1.02. The lowest BCUT2D eigenvalue weighted by molar-refractivity contribution is 0.0697. The average molecular weight is 410 g/mol. The maximum atomic E-state index is 12.1. The normalized spacial score (nSPS) is 11.2. The fraction of sp³-hybridized carbons (Fsp3) is 0.136. The number of benzene rings is 3. The van der Waals surface area contributed by atoms with Crippen LogP contribution in [0.15, 0.2) is 77.7 Å². The molecule has 0 radical (unpaired) electrons. The van der Waals surface area contributed by atoms with Crippen LogP contribution < -0.4 is 10.5 Å². The van der Waals surface area contributed by atoms with Gasteiger partial charge in [0.25, 0.3) is 0 Å². The van der Waals surface area contributed by atoms with Gasteiger partial charge in [-0.05, 0) is 41.7 Å². The molecule has 0 unspecified atom stereocenters. The number of hydrogen-bond acceptors (Lipinski definition) is 4. The minimum absolute atomic E-state index is 0.126. The monoisotopic (exact) mass is 410 g/mol. The highest BCUT2D eigenvalue weighted by atomic mass is 32.2. The Bertz CT molecular complexity index is 1100. The van der Waals surface area contributed by atoms with Crippen LogP contribution in [0.1, 0.15) is 27.0 Å². The number of carboxylic acid groups (broad SMARTS) is 1. The average Bonchev–Trinajstić information content (AvgIpc) is 2.68. The summed E-state index contributed by atoms with van der Waals surface area (Å²) in [5.74, 6) is -1.22. The lowest BCUT2D eigenvalue weighted by Crippen LogP contribution is -2.18. The maximum Gasteiger partial charge on any atom is 0.337 e. The molecule has 7 heteroatoms. The molecule has 29 heavy (non-hydrogen) atoms. The Morgan fingerprint density at radius 3 is 2.07 bits per heavy atom. The summed E-state index contributed by atoms with van der Waals surface area (Å²) >= 11 is 0. The maximum absolute atomic E-state index is 12.1. The van der Waals surface area contributed by atoms with Gasteiger partial charge in [0, 0.05) is 12.2 Å². The summed E-state index contributed by atoms with van der Waals surface area (Å²) < 4.78 is 24.2. The largest absolute Gasteiger partial charge is 0.478 e. The Balaban J connectivity index is 1.95. The second-order valence-corrected chi connectivity index (χ2v) is 8.21. The van der Waals surface area contributed by atoms with Crippen LogP contribution in [0.2, 0.25) is 0 Å². The number of nitrogens with two attached hydrogens (primary N) is 1. The molecular weight excluding hydrogens is 388 g/mol. The number of carbonyl (C=O) groups is 1. The van der Waals surface area contributed by atoms with E-state index in [1.165, 1.54) is 0 Å². The highest BCUT2D eigenvalue weighted by Crippen LogP contribution is 2.27. The van der Waals surface area contributed by atoms with Gasteiger partial charge in [-0.25, -0.2) is 18.4 Å². The minimum Gasteiger partial charge on any atom is -0.478 e. The van der Waals surface area contributed by atoms with E-state index in [-0.39, 0.29) is 10.5 Å². The molecule has 0 aliphatic carbocycles. The van der Waals surface area contributed by atoms with Crippen LogP contribution in [0.4, 0.5) is 5.69 Å². The molecule has 0 spiro atoms. The van der Waals surface area contributed by atoms with Crippen LogP contribution in [-0.2, 0) is 22.9 Å². The highest BCUT2D eigenvalue weighted by molar-refractivity contribution is 7.89. The van der Waals surface area contributed by atoms with Gasteiger partial charge < -0.3 is 10.4 Å². The van der Waals surface area contributed by atoms with Gasteiger partial charge in [0.05, 0.1) is 10.5 Å². The summed E-state index contributed by atoms with van der Waals surface area (Å²) in [4.78, 5) is 11.6. The zero-order valence-electron chi connectivity index (χ0n) is 15.7. The Kier molecular flexibility index (Phi) is 6.31. The summed E-state index contributed by atoms with van der Waals surface area (Å²) in [6.45, 7) is 0.504. The third-order valence-electron chi connectivity index (χ3n) is 4.55. The standard InChI is InChI=1S/C22H22N2O4S/c23-29(27,28)21-15-19(22(25)26)20(24-12-11-16-7-3-1-4-8-16)14-18(21)13-17-9-5-2-6-10-17/h1-10,14-15,24H,11-13H2,(H,25,26)(H2,23,27,28). The molecule has 0 saturated heterocycles. The Labute approximate surface area is 170 Å². The second kappa shape index (κ2) is 8.89. The van der Waals surface area contributed by atoms with E-state index in [0.717, 1.165) is 17.2 Å². The van der Waals surface area contributed by atoms with E-state index < -0.39 is 16.0 Å². The van der Waals surface area contributed by atoms with Crippen molar-refractivity contribution in [3.8, 4) is 0 Å². The molecule has 3 rings (SSSR count). The molecular formula is C22H22N2O4S. The van der Waals surface area contributed by atoms with Crippen LogP contribution in [0, 0.1) is 0 Å². The number of rotatable bonds is 8. The van der Waals surface area contributed by atoms with Crippen molar-refractivity contribution in [1.29, 1.82) is 0 Å². The lowest BCUT2D eigenvalue weighted by atomic mass is 10.0. The van der Waals surface area contributed by atoms with Crippen molar-refractivity contribution >= 4 is 21.7 Å². The third-order valence-corrected chi connectivity index (χ3v) is 5.54. The topological polar surface area (TPSA) is 109 Å². The van der Waals surface area contributed by atoms with Crippen molar-refractivity contribution in [1.82, 2.24) is 0 Å². The zero-order chi connectivity index (χ0) is 20.9. The molecule has 3 aromatic carbocycles. The van der Waals surface area contributed by atoms with Gasteiger partial charge in [-0.15, -0.1) is 0 Å². The van der Waals surface area contributed by atoms with Crippen molar-refractivity contribution in [3.05, 3.63) is 95.1 Å². The number of primary sulfonamides is 1. The lowest BCUT2D eigenvalue weighted by Gasteiger charge is -2.15. The van der Waals surface area contributed by atoms with Gasteiger partial charge >= 0.3 is 5.97 Å². The van der Waals surface area contributed by atoms with E-state index in [0.29, 0.717) is 30.6 Å². The van der Waals surface area contributed by atoms with Gasteiger partial charge in [-0.2, -0.15) is 0 Å². The second-order valence-electron chi connectivity index (χ2n) is 6.68. The molecule has 0 amide bonds. The first kappa shape index (κ1) is 20.6. The molecule has 3 aromatic rings. The molecule has 0 atom stereocenters. The van der Waals surface area contributed by atoms with Crippen molar-refractivity contribution < 1.29 is 18.3 Å². The molecule has 0 aromatic heterocycles. The van der Waals surface area contributed by atoms with Crippen molar-refractivity contribution in [2.75, 3.05) is 11.9 Å². The van der Waals surface area contributed by atoms with Crippen LogP contribution in [0.5, 0.6) is 0 Å². The van der Waals surface area contributed by atoms with Gasteiger partial charge in [-0.1, -0.05) is 60.7 Å². The van der Waals surface area contributed by atoms with Gasteiger partial charge in [-0.3, -0.25) is 0 Å². The van der Waals surface area contributed by atoms with Crippen LogP contribution in [0.25, 0.3) is 0 Å². The molecule has 0 aliphatic heterocycles. The Morgan fingerprint density at radius 2 is 1.52 bits per heavy atom. The Morgan fingerprint density at radius 1 is 0.931 bits per heavy atom. The molecule has 4 N–H and O–H groups in total. The summed E-state index contributed by atoms with van der Waals surface area (Å²) in [5, 5.41) is 18.1. The van der Waals surface area contributed by atoms with E-state index in [1.807, 2.05) is 60.7 Å². The molecule has 0 aliphatic rings. The highest BCUT2D eigenvalue weighted by Gasteiger charge is 2.21. The van der Waals surface area contributed by atoms with E-state index >= 15 is 0 Å². The van der Waals surface area contributed by atoms with E-state index in [4.69, 9.17) is 5.14 Å².